The highest BCUT2D eigenvalue weighted by atomic mass is 14.8. The first-order valence-electron chi connectivity index (χ1n) is 12.3. The standard InChI is InChI=1S/C28H36N2/c1-27(2)17-11-13-19(21(27)15-17)23-7-5-9-25(29-23)26-10-6-8-24(30-26)20-14-12-18-16-22(20)28(18,3)4/h5-10,17-22H,11-16H2,1-4H3/t17-,18-,19?,20?,21-,22-/m0/s1. The molecule has 0 radical (unpaired) electrons. The van der Waals surface area contributed by atoms with Gasteiger partial charge in [0.15, 0.2) is 0 Å². The second-order valence-electron chi connectivity index (χ2n) is 12.0. The molecular weight excluding hydrogens is 364 g/mol. The van der Waals surface area contributed by atoms with E-state index < -0.39 is 0 Å². The molecule has 0 N–H and O–H groups in total. The normalized spacial score (nSPS) is 37.7. The molecule has 4 bridgehead atoms. The third-order valence-electron chi connectivity index (χ3n) is 10.3. The topological polar surface area (TPSA) is 25.8 Å². The molecular formula is C28H36N2. The molecule has 2 aromatic heterocycles. The summed E-state index contributed by atoms with van der Waals surface area (Å²) in [6.07, 6.45) is 8.15. The van der Waals surface area contributed by atoms with Crippen LogP contribution >= 0.6 is 0 Å². The minimum absolute atomic E-state index is 0.493. The number of aromatic nitrogens is 2. The van der Waals surface area contributed by atoms with Gasteiger partial charge < -0.3 is 0 Å². The van der Waals surface area contributed by atoms with Gasteiger partial charge in [-0.3, -0.25) is 9.97 Å². The van der Waals surface area contributed by atoms with Gasteiger partial charge in [-0.15, -0.1) is 0 Å². The minimum atomic E-state index is 0.493. The average molecular weight is 401 g/mol. The van der Waals surface area contributed by atoms with Crippen molar-refractivity contribution >= 4 is 0 Å². The van der Waals surface area contributed by atoms with Crippen molar-refractivity contribution in [2.45, 2.75) is 78.1 Å². The summed E-state index contributed by atoms with van der Waals surface area (Å²) >= 11 is 0. The van der Waals surface area contributed by atoms with E-state index in [1.165, 1.54) is 49.9 Å². The molecule has 0 aromatic carbocycles. The number of hydrogen-bond donors (Lipinski definition) is 0. The van der Waals surface area contributed by atoms with E-state index in [4.69, 9.17) is 9.97 Å². The van der Waals surface area contributed by atoms with Gasteiger partial charge in [0.05, 0.1) is 11.4 Å². The van der Waals surface area contributed by atoms with Crippen LogP contribution in [0.3, 0.4) is 0 Å². The van der Waals surface area contributed by atoms with Crippen molar-refractivity contribution < 1.29 is 0 Å². The third-order valence-corrected chi connectivity index (χ3v) is 10.3. The molecule has 30 heavy (non-hydrogen) atoms. The zero-order valence-electron chi connectivity index (χ0n) is 19.1. The molecule has 2 unspecified atom stereocenters. The van der Waals surface area contributed by atoms with E-state index in [1.807, 2.05) is 0 Å². The van der Waals surface area contributed by atoms with E-state index in [-0.39, 0.29) is 0 Å². The van der Waals surface area contributed by atoms with Crippen molar-refractivity contribution in [3.63, 3.8) is 0 Å². The predicted octanol–water partition coefficient (Wildman–Crippen LogP) is 7.22. The van der Waals surface area contributed by atoms with Gasteiger partial charge in [-0.25, -0.2) is 0 Å². The summed E-state index contributed by atoms with van der Waals surface area (Å²) in [7, 11) is 0. The van der Waals surface area contributed by atoms with Crippen molar-refractivity contribution in [2.24, 2.45) is 34.5 Å². The molecule has 2 aromatic rings. The van der Waals surface area contributed by atoms with E-state index in [1.54, 1.807) is 0 Å². The maximum Gasteiger partial charge on any atom is 0.0889 e. The molecule has 2 nitrogen and oxygen atoms in total. The quantitative estimate of drug-likeness (QED) is 0.543. The van der Waals surface area contributed by atoms with Crippen LogP contribution in [-0.4, -0.2) is 9.97 Å². The predicted molar refractivity (Wildman–Crippen MR) is 122 cm³/mol. The molecule has 0 spiro atoms. The second kappa shape index (κ2) is 6.40. The summed E-state index contributed by atoms with van der Waals surface area (Å²) in [6.45, 7) is 9.90. The molecule has 6 aliphatic carbocycles. The van der Waals surface area contributed by atoms with Crippen molar-refractivity contribution in [2.75, 3.05) is 0 Å². The first kappa shape index (κ1) is 19.0. The van der Waals surface area contributed by atoms with Crippen LogP contribution in [-0.2, 0) is 0 Å². The van der Waals surface area contributed by atoms with Crippen molar-refractivity contribution in [3.05, 3.63) is 47.8 Å². The number of rotatable bonds is 3. The SMILES string of the molecule is CC1(C)[C@H]2CCC(c3cccc(-c4cccc(C5CC[C@H]6C[C@@H]5C6(C)C)n4)n3)[C@@H]1C2. The highest BCUT2D eigenvalue weighted by Gasteiger charge is 2.55. The summed E-state index contributed by atoms with van der Waals surface area (Å²) in [5, 5.41) is 0. The highest BCUT2D eigenvalue weighted by Crippen LogP contribution is 2.64. The first-order valence-corrected chi connectivity index (χ1v) is 12.3. The Bertz CT molecular complexity index is 891. The Morgan fingerprint density at radius 3 is 1.43 bits per heavy atom. The van der Waals surface area contributed by atoms with Gasteiger partial charge in [0.25, 0.3) is 0 Å². The lowest BCUT2D eigenvalue weighted by Crippen LogP contribution is -2.51. The fourth-order valence-electron chi connectivity index (χ4n) is 7.93. The number of pyridine rings is 2. The Morgan fingerprint density at radius 1 is 0.633 bits per heavy atom. The maximum absolute atomic E-state index is 5.19. The molecule has 158 valence electrons. The molecule has 6 saturated carbocycles. The molecule has 0 aliphatic heterocycles. The minimum Gasteiger partial charge on any atom is -0.251 e. The van der Waals surface area contributed by atoms with Gasteiger partial charge in [-0.1, -0.05) is 39.8 Å². The molecule has 2 heterocycles. The Labute approximate surface area is 181 Å². The lowest BCUT2D eigenvalue weighted by Gasteiger charge is -2.60. The summed E-state index contributed by atoms with van der Waals surface area (Å²) < 4.78 is 0. The molecule has 6 atom stereocenters. The Hall–Kier alpha value is -1.70. The second-order valence-corrected chi connectivity index (χ2v) is 12.0. The number of fused-ring (bicyclic) bond motifs is 4. The van der Waals surface area contributed by atoms with E-state index in [0.29, 0.717) is 22.7 Å². The van der Waals surface area contributed by atoms with Crippen LogP contribution in [0, 0.1) is 34.5 Å². The van der Waals surface area contributed by atoms with Crippen LogP contribution in [0.25, 0.3) is 11.4 Å². The Kier molecular flexibility index (Phi) is 4.06. The summed E-state index contributed by atoms with van der Waals surface area (Å²) in [6, 6.07) is 13.3. The van der Waals surface area contributed by atoms with Gasteiger partial charge >= 0.3 is 0 Å². The van der Waals surface area contributed by atoms with Crippen LogP contribution in [0.4, 0.5) is 0 Å². The largest absolute Gasteiger partial charge is 0.251 e. The van der Waals surface area contributed by atoms with Crippen LogP contribution in [0.15, 0.2) is 36.4 Å². The fourth-order valence-corrected chi connectivity index (χ4v) is 7.93. The van der Waals surface area contributed by atoms with Crippen LogP contribution in [0.5, 0.6) is 0 Å². The van der Waals surface area contributed by atoms with E-state index in [2.05, 4.69) is 64.1 Å². The summed E-state index contributed by atoms with van der Waals surface area (Å²) in [5.74, 6) is 4.72. The van der Waals surface area contributed by atoms with E-state index >= 15 is 0 Å². The Morgan fingerprint density at radius 2 is 1.07 bits per heavy atom. The molecule has 8 rings (SSSR count). The maximum atomic E-state index is 5.19. The van der Waals surface area contributed by atoms with Gasteiger partial charge in [0.1, 0.15) is 0 Å². The van der Waals surface area contributed by atoms with E-state index in [9.17, 15) is 0 Å². The van der Waals surface area contributed by atoms with Crippen LogP contribution in [0.2, 0.25) is 0 Å². The number of hydrogen-bond acceptors (Lipinski definition) is 2. The summed E-state index contributed by atoms with van der Waals surface area (Å²) in [5.41, 5.74) is 5.72. The fraction of sp³-hybridized carbons (Fsp3) is 0.643. The summed E-state index contributed by atoms with van der Waals surface area (Å²) in [4.78, 5) is 10.4. The zero-order valence-corrected chi connectivity index (χ0v) is 19.1. The van der Waals surface area contributed by atoms with Crippen LogP contribution < -0.4 is 0 Å². The van der Waals surface area contributed by atoms with Crippen molar-refractivity contribution in [3.8, 4) is 11.4 Å². The van der Waals surface area contributed by atoms with Gasteiger partial charge in [0.2, 0.25) is 0 Å². The lowest BCUT2D eigenvalue weighted by molar-refractivity contribution is -0.0814. The smallest absolute Gasteiger partial charge is 0.0889 e. The van der Waals surface area contributed by atoms with Crippen molar-refractivity contribution in [1.82, 2.24) is 9.97 Å². The number of nitrogens with zero attached hydrogens (tertiary/aromatic N) is 2. The first-order chi connectivity index (χ1) is 14.4. The highest BCUT2D eigenvalue weighted by molar-refractivity contribution is 5.54. The van der Waals surface area contributed by atoms with E-state index in [0.717, 1.165) is 35.1 Å². The monoisotopic (exact) mass is 400 g/mol. The third kappa shape index (κ3) is 2.61. The molecule has 2 heteroatoms. The lowest BCUT2D eigenvalue weighted by atomic mass is 9.45. The van der Waals surface area contributed by atoms with Gasteiger partial charge in [-0.2, -0.15) is 0 Å². The van der Waals surface area contributed by atoms with Gasteiger partial charge in [-0.05, 0) is 97.3 Å². The zero-order chi connectivity index (χ0) is 20.7. The van der Waals surface area contributed by atoms with Crippen LogP contribution in [0.1, 0.15) is 89.4 Å². The van der Waals surface area contributed by atoms with Gasteiger partial charge in [0, 0.05) is 23.2 Å². The average Bonchev–Trinajstić information content (AvgIpc) is 2.79. The van der Waals surface area contributed by atoms with Crippen molar-refractivity contribution in [1.29, 1.82) is 0 Å². The Balaban J connectivity index is 1.29. The molecule has 6 aliphatic rings. The molecule has 0 amide bonds. The molecule has 0 saturated heterocycles. The molecule has 6 fully saturated rings.